The summed E-state index contributed by atoms with van der Waals surface area (Å²) in [6.45, 7) is 3.45. The molecular formula is C24H25N5O3. The Balaban J connectivity index is 1.21. The Morgan fingerprint density at radius 2 is 2.09 bits per heavy atom. The number of carbonyl (C=O) groups excluding carboxylic acids is 1. The van der Waals surface area contributed by atoms with Crippen molar-refractivity contribution in [1.82, 2.24) is 20.0 Å². The number of likely N-dealkylation sites (tertiary alicyclic amines) is 1. The van der Waals surface area contributed by atoms with Crippen molar-refractivity contribution in [2.75, 3.05) is 18.4 Å². The van der Waals surface area contributed by atoms with Crippen molar-refractivity contribution in [2.24, 2.45) is 5.92 Å². The molecule has 1 unspecified atom stereocenters. The number of hydrogen-bond donors (Lipinski definition) is 1. The molecule has 3 aromatic rings. The van der Waals surface area contributed by atoms with Crippen LogP contribution in [0.15, 0.2) is 59.2 Å². The molecule has 0 spiro atoms. The van der Waals surface area contributed by atoms with Crippen LogP contribution in [0, 0.1) is 5.92 Å². The standard InChI is InChI=1S/C24H25N5O3/c1-16-14-29(24(30)28-21-13-27-31-15-21)8-7-19(16)9-17-3-2-4-22(10-17)32-23-25-11-20(12-26-23)18-5-6-18/h2-4,9-13,15-16,18H,5-8,14H2,1H3,(H,28,30). The first kappa shape index (κ1) is 20.2. The number of nitrogens with zero attached hydrogens (tertiary/aromatic N) is 4. The molecule has 8 heteroatoms. The number of ether oxygens (including phenoxy) is 1. The molecule has 3 heterocycles. The molecule has 2 aromatic heterocycles. The maximum Gasteiger partial charge on any atom is 0.322 e. The minimum absolute atomic E-state index is 0.137. The SMILES string of the molecule is CC1CN(C(=O)Nc2cnoc2)CCC1=Cc1cccc(Oc2ncc(C3CC3)cn2)c1. The Labute approximate surface area is 186 Å². The van der Waals surface area contributed by atoms with Gasteiger partial charge in [-0.3, -0.25) is 0 Å². The van der Waals surface area contributed by atoms with Crippen molar-refractivity contribution in [1.29, 1.82) is 0 Å². The first-order valence-electron chi connectivity index (χ1n) is 10.9. The van der Waals surface area contributed by atoms with Gasteiger partial charge in [-0.05, 0) is 54.4 Å². The molecule has 1 aliphatic heterocycles. The molecule has 1 aliphatic carbocycles. The Bertz CT molecular complexity index is 1110. The molecule has 0 bridgehead atoms. The van der Waals surface area contributed by atoms with Gasteiger partial charge < -0.3 is 19.5 Å². The van der Waals surface area contributed by atoms with Crippen LogP contribution in [0.5, 0.6) is 11.8 Å². The number of anilines is 1. The number of benzene rings is 1. The van der Waals surface area contributed by atoms with E-state index in [0.29, 0.717) is 36.5 Å². The van der Waals surface area contributed by atoms with Gasteiger partial charge in [0.25, 0.3) is 0 Å². The molecule has 2 aliphatic rings. The summed E-state index contributed by atoms with van der Waals surface area (Å²) in [5, 5.41) is 6.41. The van der Waals surface area contributed by atoms with Crippen molar-refractivity contribution >= 4 is 17.8 Å². The highest BCUT2D eigenvalue weighted by molar-refractivity contribution is 5.89. The number of rotatable bonds is 5. The molecule has 1 aromatic carbocycles. The largest absolute Gasteiger partial charge is 0.424 e. The van der Waals surface area contributed by atoms with Gasteiger partial charge in [-0.25, -0.2) is 14.8 Å². The maximum atomic E-state index is 12.5. The van der Waals surface area contributed by atoms with Crippen LogP contribution in [-0.4, -0.2) is 39.1 Å². The second-order valence-electron chi connectivity index (χ2n) is 8.41. The smallest absolute Gasteiger partial charge is 0.322 e. The second-order valence-corrected chi connectivity index (χ2v) is 8.41. The predicted molar refractivity (Wildman–Crippen MR) is 119 cm³/mol. The summed E-state index contributed by atoms with van der Waals surface area (Å²) in [5.74, 6) is 1.58. The fourth-order valence-electron chi connectivity index (χ4n) is 3.91. The molecule has 0 radical (unpaired) electrons. The van der Waals surface area contributed by atoms with E-state index < -0.39 is 0 Å². The van der Waals surface area contributed by atoms with Crippen LogP contribution in [0.1, 0.15) is 43.2 Å². The van der Waals surface area contributed by atoms with Crippen LogP contribution in [0.25, 0.3) is 6.08 Å². The van der Waals surface area contributed by atoms with E-state index in [-0.39, 0.29) is 11.9 Å². The molecule has 1 saturated heterocycles. The lowest BCUT2D eigenvalue weighted by Gasteiger charge is -2.33. The van der Waals surface area contributed by atoms with Crippen molar-refractivity contribution in [3.63, 3.8) is 0 Å². The van der Waals surface area contributed by atoms with Gasteiger partial charge in [0, 0.05) is 25.5 Å². The first-order valence-corrected chi connectivity index (χ1v) is 10.9. The lowest BCUT2D eigenvalue weighted by Crippen LogP contribution is -2.42. The van der Waals surface area contributed by atoms with Gasteiger partial charge in [-0.2, -0.15) is 0 Å². The van der Waals surface area contributed by atoms with Gasteiger partial charge in [0.05, 0.1) is 6.20 Å². The van der Waals surface area contributed by atoms with E-state index in [9.17, 15) is 4.79 Å². The minimum Gasteiger partial charge on any atom is -0.424 e. The van der Waals surface area contributed by atoms with Gasteiger partial charge in [0.1, 0.15) is 17.7 Å². The van der Waals surface area contributed by atoms with Crippen LogP contribution in [0.4, 0.5) is 10.5 Å². The summed E-state index contributed by atoms with van der Waals surface area (Å²) in [6, 6.07) is 8.13. The Hall–Kier alpha value is -3.68. The summed E-state index contributed by atoms with van der Waals surface area (Å²) in [5.41, 5.74) is 4.11. The van der Waals surface area contributed by atoms with Crippen molar-refractivity contribution in [3.05, 3.63) is 65.8 Å². The van der Waals surface area contributed by atoms with Gasteiger partial charge in [0.2, 0.25) is 0 Å². The van der Waals surface area contributed by atoms with Crippen molar-refractivity contribution in [3.8, 4) is 11.8 Å². The molecule has 2 fully saturated rings. The number of carbonyl (C=O) groups is 1. The number of urea groups is 1. The van der Waals surface area contributed by atoms with Crippen LogP contribution in [-0.2, 0) is 0 Å². The van der Waals surface area contributed by atoms with Crippen LogP contribution < -0.4 is 10.1 Å². The van der Waals surface area contributed by atoms with Crippen LogP contribution in [0.2, 0.25) is 0 Å². The van der Waals surface area contributed by atoms with E-state index in [4.69, 9.17) is 9.26 Å². The summed E-state index contributed by atoms with van der Waals surface area (Å²) in [7, 11) is 0. The number of aromatic nitrogens is 3. The summed E-state index contributed by atoms with van der Waals surface area (Å²) in [6.07, 6.45) is 12.1. The molecular weight excluding hydrogens is 406 g/mol. The number of piperidine rings is 1. The predicted octanol–water partition coefficient (Wildman–Crippen LogP) is 5.09. The zero-order chi connectivity index (χ0) is 21.9. The van der Waals surface area contributed by atoms with E-state index in [1.165, 1.54) is 36.4 Å². The topological polar surface area (TPSA) is 93.4 Å². The third kappa shape index (κ3) is 4.80. The Morgan fingerprint density at radius 1 is 1.25 bits per heavy atom. The Kier molecular flexibility index (Phi) is 5.58. The highest BCUT2D eigenvalue weighted by Crippen LogP contribution is 2.39. The lowest BCUT2D eigenvalue weighted by molar-refractivity contribution is 0.198. The number of amides is 2. The normalized spacial score (nSPS) is 19.7. The molecule has 1 saturated carbocycles. The Morgan fingerprint density at radius 3 is 2.81 bits per heavy atom. The van der Waals surface area contributed by atoms with E-state index in [2.05, 4.69) is 39.5 Å². The molecule has 5 rings (SSSR count). The lowest BCUT2D eigenvalue weighted by atomic mass is 9.91. The van der Waals surface area contributed by atoms with Crippen LogP contribution in [0.3, 0.4) is 0 Å². The average Bonchev–Trinajstić information content (AvgIpc) is 3.52. The van der Waals surface area contributed by atoms with E-state index >= 15 is 0 Å². The first-order chi connectivity index (χ1) is 15.6. The van der Waals surface area contributed by atoms with Crippen molar-refractivity contribution in [2.45, 2.75) is 32.1 Å². The zero-order valence-electron chi connectivity index (χ0n) is 17.9. The average molecular weight is 431 g/mol. The quantitative estimate of drug-likeness (QED) is 0.605. The molecule has 1 atom stereocenters. The van der Waals surface area contributed by atoms with E-state index in [1.54, 1.807) is 0 Å². The minimum atomic E-state index is -0.137. The highest BCUT2D eigenvalue weighted by Gasteiger charge is 2.25. The van der Waals surface area contributed by atoms with Gasteiger partial charge in [-0.15, -0.1) is 0 Å². The number of nitrogens with one attached hydrogen (secondary N) is 1. The summed E-state index contributed by atoms with van der Waals surface area (Å²) in [4.78, 5) is 23.0. The highest BCUT2D eigenvalue weighted by atomic mass is 16.5. The fourth-order valence-corrected chi connectivity index (χ4v) is 3.91. The molecule has 2 amide bonds. The van der Waals surface area contributed by atoms with E-state index in [1.807, 2.05) is 35.5 Å². The number of hydrogen-bond acceptors (Lipinski definition) is 6. The van der Waals surface area contributed by atoms with Gasteiger partial charge >= 0.3 is 12.0 Å². The summed E-state index contributed by atoms with van der Waals surface area (Å²) < 4.78 is 10.6. The molecule has 32 heavy (non-hydrogen) atoms. The monoisotopic (exact) mass is 431 g/mol. The van der Waals surface area contributed by atoms with Gasteiger partial charge in [0.15, 0.2) is 0 Å². The molecule has 164 valence electrons. The fraction of sp³-hybridized carbons (Fsp3) is 0.333. The van der Waals surface area contributed by atoms with Crippen LogP contribution >= 0.6 is 0 Å². The molecule has 8 nitrogen and oxygen atoms in total. The third-order valence-corrected chi connectivity index (χ3v) is 5.88. The second kappa shape index (κ2) is 8.82. The maximum absolute atomic E-state index is 12.5. The summed E-state index contributed by atoms with van der Waals surface area (Å²) >= 11 is 0. The van der Waals surface area contributed by atoms with Gasteiger partial charge in [-0.1, -0.05) is 35.9 Å². The van der Waals surface area contributed by atoms with Crippen molar-refractivity contribution < 1.29 is 14.1 Å². The zero-order valence-corrected chi connectivity index (χ0v) is 17.9. The van der Waals surface area contributed by atoms with E-state index in [0.717, 1.165) is 12.0 Å². The molecule has 1 N–H and O–H groups in total. The third-order valence-electron chi connectivity index (χ3n) is 5.88.